The van der Waals surface area contributed by atoms with Crippen LogP contribution in [-0.4, -0.2) is 43.6 Å². The number of carbonyl (C=O) groups is 3. The van der Waals surface area contributed by atoms with E-state index >= 15 is 0 Å². The summed E-state index contributed by atoms with van der Waals surface area (Å²) in [6.07, 6.45) is 3.54. The zero-order valence-corrected chi connectivity index (χ0v) is 23.3. The second-order valence-corrected chi connectivity index (χ2v) is 10.2. The van der Waals surface area contributed by atoms with Crippen LogP contribution in [0.3, 0.4) is 0 Å². The number of amides is 2. The Morgan fingerprint density at radius 3 is 2.21 bits per heavy atom. The molecule has 0 unspecified atom stereocenters. The van der Waals surface area contributed by atoms with Crippen molar-refractivity contribution in [3.05, 3.63) is 90.0 Å². The van der Waals surface area contributed by atoms with E-state index in [9.17, 15) is 32.5 Å². The van der Waals surface area contributed by atoms with E-state index in [1.807, 2.05) is 0 Å². The summed E-state index contributed by atoms with van der Waals surface area (Å²) in [6.45, 7) is 1.75. The van der Waals surface area contributed by atoms with Crippen molar-refractivity contribution in [2.45, 2.75) is 11.8 Å². The zero-order valence-electron chi connectivity index (χ0n) is 22.5. The maximum atomic E-state index is 12.7. The summed E-state index contributed by atoms with van der Waals surface area (Å²) in [6, 6.07) is 14.1. The van der Waals surface area contributed by atoms with E-state index in [2.05, 4.69) is 31.4 Å². The van der Waals surface area contributed by atoms with Gasteiger partial charge in [0.25, 0.3) is 0 Å². The highest BCUT2D eigenvalue weighted by atomic mass is 32.2. The highest BCUT2D eigenvalue weighted by Gasteiger charge is 2.14. The Hall–Kier alpha value is -5.67. The number of nitrogens with zero attached hydrogens (tertiary/aromatic N) is 3. The number of carbonyl (C=O) groups excluding carboxylic acids is 3. The summed E-state index contributed by atoms with van der Waals surface area (Å²) < 4.78 is 38.6. The monoisotopic (exact) mass is 602 g/mol. The fraction of sp³-hybridized carbons (Fsp3) is 0.0714. The van der Waals surface area contributed by atoms with Gasteiger partial charge >= 0.3 is 6.03 Å². The van der Waals surface area contributed by atoms with Gasteiger partial charge in [-0.3, -0.25) is 10.2 Å². The second kappa shape index (κ2) is 12.9. The molecular weight excluding hydrogens is 580 g/mol. The minimum atomic E-state index is -4.57. The number of carboxylic acids is 1. The number of anilines is 3. The van der Waals surface area contributed by atoms with Crippen LogP contribution in [0, 0.1) is 6.92 Å². The van der Waals surface area contributed by atoms with E-state index in [0.717, 1.165) is 24.3 Å². The molecule has 0 aromatic heterocycles. The van der Waals surface area contributed by atoms with Crippen LogP contribution in [-0.2, 0) is 19.7 Å². The molecule has 0 aliphatic heterocycles. The van der Waals surface area contributed by atoms with Gasteiger partial charge in [0.1, 0.15) is 15.9 Å². The van der Waals surface area contributed by atoms with Gasteiger partial charge < -0.3 is 29.8 Å². The number of urea groups is 1. The van der Waals surface area contributed by atoms with Crippen molar-refractivity contribution >= 4 is 62.1 Å². The van der Waals surface area contributed by atoms with Crippen LogP contribution in [0.4, 0.5) is 33.2 Å². The number of hydrazone groups is 1. The normalized spacial score (nSPS) is 14.0. The Bertz CT molecular complexity index is 1810. The molecule has 2 amide bonds. The summed E-state index contributed by atoms with van der Waals surface area (Å²) in [5.74, 6) is -1.97. The lowest BCUT2D eigenvalue weighted by atomic mass is 10.0. The number of hydrogen-bond acceptors (Lipinski definition) is 12. The molecule has 0 bridgehead atoms. The Balaban J connectivity index is 1.38. The number of benzene rings is 3. The Labute approximate surface area is 245 Å². The van der Waals surface area contributed by atoms with Gasteiger partial charge in [-0.15, -0.1) is 0 Å². The largest absolute Gasteiger partial charge is 0.744 e. The minimum Gasteiger partial charge on any atom is -0.744 e. The molecule has 0 spiro atoms. The number of ether oxygens (including phenoxy) is 1. The molecule has 1 aliphatic rings. The molecule has 0 saturated carbocycles. The fourth-order valence-electron chi connectivity index (χ4n) is 3.63. The molecule has 3 aromatic carbocycles. The number of allylic oxidation sites excluding steroid dienone is 3. The van der Waals surface area contributed by atoms with Crippen molar-refractivity contribution < 1.29 is 37.2 Å². The Kier molecular flexibility index (Phi) is 9.08. The van der Waals surface area contributed by atoms with Crippen molar-refractivity contribution in [1.82, 2.24) is 0 Å². The van der Waals surface area contributed by atoms with Crippen molar-refractivity contribution in [1.29, 1.82) is 0 Å². The van der Waals surface area contributed by atoms with Crippen LogP contribution < -0.4 is 25.9 Å². The van der Waals surface area contributed by atoms with E-state index in [4.69, 9.17) is 4.74 Å². The van der Waals surface area contributed by atoms with Gasteiger partial charge in [-0.05, 0) is 85.3 Å². The van der Waals surface area contributed by atoms with Gasteiger partial charge in [-0.25, -0.2) is 13.2 Å². The van der Waals surface area contributed by atoms with Gasteiger partial charge in [0.2, 0.25) is 0 Å². The number of ketones is 1. The smallest absolute Gasteiger partial charge is 0.323 e. The summed E-state index contributed by atoms with van der Waals surface area (Å²) in [4.78, 5) is 34.9. The van der Waals surface area contributed by atoms with Crippen molar-refractivity contribution in [3.63, 3.8) is 0 Å². The molecule has 1 aliphatic carbocycles. The van der Waals surface area contributed by atoms with Crippen LogP contribution in [0.1, 0.15) is 5.56 Å². The highest BCUT2D eigenvalue weighted by molar-refractivity contribution is 7.85. The fourth-order valence-corrected chi connectivity index (χ4v) is 4.10. The molecule has 14 nitrogen and oxygen atoms in total. The number of hydrogen-bond donors (Lipinski definition) is 3. The first-order chi connectivity index (χ1) is 20.4. The van der Waals surface area contributed by atoms with Gasteiger partial charge in [0.15, 0.2) is 5.78 Å². The number of carboxylic acid groups (broad SMARTS) is 1. The lowest BCUT2D eigenvalue weighted by Gasteiger charge is -2.13. The number of methoxy groups -OCH3 is 1. The first-order valence-electron chi connectivity index (χ1n) is 12.3. The summed E-state index contributed by atoms with van der Waals surface area (Å²) in [7, 11) is -3.15. The molecule has 220 valence electrons. The predicted molar refractivity (Wildman–Crippen MR) is 154 cm³/mol. The Morgan fingerprint density at radius 2 is 1.58 bits per heavy atom. The molecule has 43 heavy (non-hydrogen) atoms. The van der Waals surface area contributed by atoms with E-state index in [1.165, 1.54) is 25.3 Å². The van der Waals surface area contributed by atoms with Crippen LogP contribution in [0.25, 0.3) is 0 Å². The van der Waals surface area contributed by atoms with Gasteiger partial charge in [-0.1, -0.05) is 0 Å². The lowest BCUT2D eigenvalue weighted by Crippen LogP contribution is -2.29. The van der Waals surface area contributed by atoms with Gasteiger partial charge in [-0.2, -0.15) is 15.3 Å². The molecule has 0 heterocycles. The minimum absolute atomic E-state index is 0.212. The average molecular weight is 603 g/mol. The van der Waals surface area contributed by atoms with Gasteiger partial charge in [0.05, 0.1) is 46.4 Å². The van der Waals surface area contributed by atoms with Crippen LogP contribution in [0.2, 0.25) is 0 Å². The molecule has 4 rings (SSSR count). The number of nitrogens with one attached hydrogen (secondary N) is 3. The van der Waals surface area contributed by atoms with Crippen molar-refractivity contribution in [2.24, 2.45) is 15.3 Å². The lowest BCUT2D eigenvalue weighted by molar-refractivity contribution is -0.298. The summed E-state index contributed by atoms with van der Waals surface area (Å²) in [5, 5.41) is 28.7. The van der Waals surface area contributed by atoms with E-state index in [1.54, 1.807) is 43.3 Å². The number of aliphatic carboxylic acids is 1. The van der Waals surface area contributed by atoms with E-state index < -0.39 is 33.5 Å². The number of aryl methyl sites for hydroxylation is 1. The molecule has 0 saturated heterocycles. The maximum absolute atomic E-state index is 12.7. The average Bonchev–Trinajstić information content (AvgIpc) is 2.96. The first kappa shape index (κ1) is 30.3. The topological polar surface area (TPSA) is 214 Å². The molecule has 0 atom stereocenters. The highest BCUT2D eigenvalue weighted by Crippen LogP contribution is 2.34. The third-order valence-electron chi connectivity index (χ3n) is 5.80. The van der Waals surface area contributed by atoms with Crippen LogP contribution in [0.5, 0.6) is 5.75 Å². The van der Waals surface area contributed by atoms with E-state index in [0.29, 0.717) is 39.7 Å². The number of rotatable bonds is 9. The number of azo groups is 1. The molecular formula is C28H22N6O8S-2. The molecule has 0 radical (unpaired) electrons. The Morgan fingerprint density at radius 1 is 0.907 bits per heavy atom. The van der Waals surface area contributed by atoms with Crippen LogP contribution >= 0.6 is 0 Å². The molecule has 3 aromatic rings. The van der Waals surface area contributed by atoms with Crippen LogP contribution in [0.15, 0.2) is 105 Å². The van der Waals surface area contributed by atoms with Crippen molar-refractivity contribution in [3.8, 4) is 5.75 Å². The third-order valence-corrected chi connectivity index (χ3v) is 6.65. The van der Waals surface area contributed by atoms with E-state index in [-0.39, 0.29) is 10.6 Å². The SMILES string of the molecule is COc1cc(N=Nc2ccc(S(=O)(=O)[O-])cc2)c(C)cc1NC(=O)Nc1ccc(NN=C2C=CC(=O)C(C(=O)[O-])=C2)cc1. The quantitative estimate of drug-likeness (QED) is 0.107. The maximum Gasteiger partial charge on any atom is 0.323 e. The van der Waals surface area contributed by atoms with Crippen molar-refractivity contribution in [2.75, 3.05) is 23.2 Å². The van der Waals surface area contributed by atoms with Gasteiger partial charge in [0, 0.05) is 17.3 Å². The first-order valence-corrected chi connectivity index (χ1v) is 13.7. The summed E-state index contributed by atoms with van der Waals surface area (Å²) >= 11 is 0. The molecule has 15 heteroatoms. The third kappa shape index (κ3) is 7.96. The molecule has 0 fully saturated rings. The molecule has 3 N–H and O–H groups in total. The predicted octanol–water partition coefficient (Wildman–Crippen LogP) is 3.55. The summed E-state index contributed by atoms with van der Waals surface area (Å²) in [5.41, 5.74) is 5.19. The second-order valence-electron chi connectivity index (χ2n) is 8.84. The zero-order chi connectivity index (χ0) is 31.1. The standard InChI is InChI=1S/C28H24N6O8S/c1-16-13-24(26(42-2)15-23(16)34-32-19-7-10-21(11-8-19)43(39,40)41)30-28(38)29-17-3-5-18(6-4-17)31-33-20-9-12-25(35)22(14-20)27(36)37/h3-15,31H,1-2H3,(H,36,37)(H2,29,30,38)(H,39,40,41)/p-2.